The van der Waals surface area contributed by atoms with Gasteiger partial charge in [-0.25, -0.2) is 4.79 Å². The fourth-order valence-electron chi connectivity index (χ4n) is 3.35. The molecule has 1 fully saturated rings. The number of carbonyl (C=O) groups is 2. The SMILES string of the molecule is CCN(CC)C(=O)N1CCN(CC(=O)Nc2cc(OC)c(OC)c(OC)c2)CC1. The smallest absolute Gasteiger partial charge is 0.320 e. The number of urea groups is 1. The summed E-state index contributed by atoms with van der Waals surface area (Å²) in [6, 6.07) is 3.45. The molecule has 2 rings (SSSR count). The summed E-state index contributed by atoms with van der Waals surface area (Å²) >= 11 is 0. The molecular weight excluding hydrogens is 376 g/mol. The van der Waals surface area contributed by atoms with Gasteiger partial charge in [-0.2, -0.15) is 0 Å². The Hall–Kier alpha value is -2.68. The lowest BCUT2D eigenvalue weighted by atomic mass is 10.2. The molecule has 1 aromatic rings. The number of amides is 3. The third-order valence-corrected chi connectivity index (χ3v) is 4.99. The van der Waals surface area contributed by atoms with Gasteiger partial charge in [0.05, 0.1) is 27.9 Å². The Morgan fingerprint density at radius 1 is 0.966 bits per heavy atom. The lowest BCUT2D eigenvalue weighted by Crippen LogP contribution is -2.53. The lowest BCUT2D eigenvalue weighted by molar-refractivity contribution is -0.117. The number of hydrogen-bond acceptors (Lipinski definition) is 6. The highest BCUT2D eigenvalue weighted by Crippen LogP contribution is 2.39. The van der Waals surface area contributed by atoms with Gasteiger partial charge in [-0.3, -0.25) is 9.69 Å². The Kier molecular flexibility index (Phi) is 8.38. The van der Waals surface area contributed by atoms with Crippen molar-refractivity contribution in [2.45, 2.75) is 13.8 Å². The molecule has 0 unspecified atom stereocenters. The minimum absolute atomic E-state index is 0.0662. The molecule has 1 saturated heterocycles. The van der Waals surface area contributed by atoms with Gasteiger partial charge in [0.2, 0.25) is 11.7 Å². The Bertz CT molecular complexity index is 675. The van der Waals surface area contributed by atoms with Crippen molar-refractivity contribution in [3.8, 4) is 17.2 Å². The monoisotopic (exact) mass is 408 g/mol. The van der Waals surface area contributed by atoms with Crippen LogP contribution in [-0.2, 0) is 4.79 Å². The molecule has 0 spiro atoms. The maximum atomic E-state index is 12.5. The summed E-state index contributed by atoms with van der Waals surface area (Å²) in [6.45, 7) is 8.17. The molecule has 0 atom stereocenters. The van der Waals surface area contributed by atoms with E-state index in [4.69, 9.17) is 14.2 Å². The zero-order valence-corrected chi connectivity index (χ0v) is 18.0. The number of anilines is 1. The predicted octanol–water partition coefficient (Wildman–Crippen LogP) is 1.73. The summed E-state index contributed by atoms with van der Waals surface area (Å²) in [5.41, 5.74) is 0.569. The number of nitrogens with zero attached hydrogens (tertiary/aromatic N) is 3. The van der Waals surface area contributed by atoms with E-state index in [1.807, 2.05) is 28.5 Å². The maximum Gasteiger partial charge on any atom is 0.320 e. The summed E-state index contributed by atoms with van der Waals surface area (Å²) in [7, 11) is 4.59. The number of nitrogens with one attached hydrogen (secondary N) is 1. The summed E-state index contributed by atoms with van der Waals surface area (Å²) in [5, 5.41) is 2.88. The number of carbonyl (C=O) groups excluding carboxylic acids is 2. The average Bonchev–Trinajstić information content (AvgIpc) is 2.74. The molecule has 29 heavy (non-hydrogen) atoms. The van der Waals surface area contributed by atoms with Gasteiger partial charge >= 0.3 is 6.03 Å². The molecule has 1 aromatic carbocycles. The molecule has 9 heteroatoms. The molecule has 0 aliphatic carbocycles. The van der Waals surface area contributed by atoms with Gasteiger partial charge in [0.25, 0.3) is 0 Å². The Morgan fingerprint density at radius 2 is 1.52 bits per heavy atom. The molecular formula is C20H32N4O5. The van der Waals surface area contributed by atoms with E-state index in [9.17, 15) is 9.59 Å². The van der Waals surface area contributed by atoms with Crippen LogP contribution in [0.3, 0.4) is 0 Å². The normalized spacial score (nSPS) is 14.3. The maximum absolute atomic E-state index is 12.5. The molecule has 0 saturated carbocycles. The third kappa shape index (κ3) is 5.66. The molecule has 9 nitrogen and oxygen atoms in total. The van der Waals surface area contributed by atoms with Gasteiger partial charge in [-0.1, -0.05) is 0 Å². The lowest BCUT2D eigenvalue weighted by Gasteiger charge is -2.36. The summed E-state index contributed by atoms with van der Waals surface area (Å²) in [4.78, 5) is 30.6. The van der Waals surface area contributed by atoms with Crippen LogP contribution in [0.1, 0.15) is 13.8 Å². The van der Waals surface area contributed by atoms with E-state index in [-0.39, 0.29) is 18.5 Å². The number of piperazine rings is 1. The standard InChI is InChI=1S/C20H32N4O5/c1-6-23(7-2)20(26)24-10-8-22(9-11-24)14-18(25)21-15-12-16(27-3)19(29-5)17(13-15)28-4/h12-13H,6-11,14H2,1-5H3,(H,21,25). The van der Waals surface area contributed by atoms with Gasteiger partial charge in [-0.05, 0) is 13.8 Å². The van der Waals surface area contributed by atoms with E-state index in [2.05, 4.69) is 5.32 Å². The molecule has 3 amide bonds. The van der Waals surface area contributed by atoms with Crippen molar-refractivity contribution in [2.75, 3.05) is 72.5 Å². The second kappa shape index (κ2) is 10.8. The first kappa shape index (κ1) is 22.6. The van der Waals surface area contributed by atoms with Crippen LogP contribution in [0.15, 0.2) is 12.1 Å². The van der Waals surface area contributed by atoms with Crippen LogP contribution in [0.25, 0.3) is 0 Å². The average molecular weight is 408 g/mol. The van der Waals surface area contributed by atoms with Crippen LogP contribution in [0.5, 0.6) is 17.2 Å². The van der Waals surface area contributed by atoms with Crippen molar-refractivity contribution in [1.29, 1.82) is 0 Å². The molecule has 0 bridgehead atoms. The fourth-order valence-corrected chi connectivity index (χ4v) is 3.35. The second-order valence-electron chi connectivity index (χ2n) is 6.68. The third-order valence-electron chi connectivity index (χ3n) is 4.99. The molecule has 1 N–H and O–H groups in total. The minimum Gasteiger partial charge on any atom is -0.493 e. The van der Waals surface area contributed by atoms with E-state index >= 15 is 0 Å². The number of hydrogen-bond donors (Lipinski definition) is 1. The highest BCUT2D eigenvalue weighted by molar-refractivity contribution is 5.93. The van der Waals surface area contributed by atoms with Crippen LogP contribution in [0.2, 0.25) is 0 Å². The largest absolute Gasteiger partial charge is 0.493 e. The van der Waals surface area contributed by atoms with Crippen molar-refractivity contribution in [3.63, 3.8) is 0 Å². The highest BCUT2D eigenvalue weighted by Gasteiger charge is 2.25. The summed E-state index contributed by atoms with van der Waals surface area (Å²) in [6.07, 6.45) is 0. The molecule has 0 radical (unpaired) electrons. The number of rotatable bonds is 8. The van der Waals surface area contributed by atoms with Crippen LogP contribution in [0.4, 0.5) is 10.5 Å². The summed E-state index contributed by atoms with van der Waals surface area (Å²) < 4.78 is 15.9. The second-order valence-corrected chi connectivity index (χ2v) is 6.68. The summed E-state index contributed by atoms with van der Waals surface area (Å²) in [5.74, 6) is 1.29. The van der Waals surface area contributed by atoms with Crippen LogP contribution >= 0.6 is 0 Å². The highest BCUT2D eigenvalue weighted by atomic mass is 16.5. The van der Waals surface area contributed by atoms with Crippen LogP contribution in [0, 0.1) is 0 Å². The van der Waals surface area contributed by atoms with Crippen LogP contribution in [-0.4, -0.2) is 93.8 Å². The van der Waals surface area contributed by atoms with E-state index in [1.165, 1.54) is 21.3 Å². The Morgan fingerprint density at radius 3 is 1.97 bits per heavy atom. The van der Waals surface area contributed by atoms with E-state index in [0.29, 0.717) is 62.2 Å². The van der Waals surface area contributed by atoms with Crippen molar-refractivity contribution >= 4 is 17.6 Å². The van der Waals surface area contributed by atoms with Crippen molar-refractivity contribution in [2.24, 2.45) is 0 Å². The van der Waals surface area contributed by atoms with Crippen molar-refractivity contribution < 1.29 is 23.8 Å². The molecule has 162 valence electrons. The van der Waals surface area contributed by atoms with Gasteiger partial charge in [0.1, 0.15) is 0 Å². The van der Waals surface area contributed by atoms with Crippen LogP contribution < -0.4 is 19.5 Å². The molecule has 1 aliphatic rings. The van der Waals surface area contributed by atoms with Gasteiger partial charge < -0.3 is 29.3 Å². The fraction of sp³-hybridized carbons (Fsp3) is 0.600. The van der Waals surface area contributed by atoms with Gasteiger partial charge in [0, 0.05) is 57.1 Å². The zero-order chi connectivity index (χ0) is 21.4. The van der Waals surface area contributed by atoms with E-state index in [0.717, 1.165) is 0 Å². The first-order valence-electron chi connectivity index (χ1n) is 9.83. The number of benzene rings is 1. The molecule has 0 aromatic heterocycles. The van der Waals surface area contributed by atoms with Crippen molar-refractivity contribution in [1.82, 2.24) is 14.7 Å². The van der Waals surface area contributed by atoms with E-state index in [1.54, 1.807) is 12.1 Å². The molecule has 1 aliphatic heterocycles. The minimum atomic E-state index is -0.136. The molecule has 1 heterocycles. The zero-order valence-electron chi connectivity index (χ0n) is 18.0. The van der Waals surface area contributed by atoms with Gasteiger partial charge in [0.15, 0.2) is 11.5 Å². The Labute approximate surface area is 172 Å². The predicted molar refractivity (Wildman–Crippen MR) is 111 cm³/mol. The first-order valence-corrected chi connectivity index (χ1v) is 9.83. The number of methoxy groups -OCH3 is 3. The number of ether oxygens (including phenoxy) is 3. The van der Waals surface area contributed by atoms with E-state index < -0.39 is 0 Å². The Balaban J connectivity index is 1.92. The van der Waals surface area contributed by atoms with Crippen molar-refractivity contribution in [3.05, 3.63) is 12.1 Å². The quantitative estimate of drug-likeness (QED) is 0.705. The first-order chi connectivity index (χ1) is 14.0. The topological polar surface area (TPSA) is 83.6 Å². The van der Waals surface area contributed by atoms with Gasteiger partial charge in [-0.15, -0.1) is 0 Å².